The van der Waals surface area contributed by atoms with E-state index in [1.54, 1.807) is 12.1 Å². The Balaban J connectivity index is 2.13. The quantitative estimate of drug-likeness (QED) is 0.900. The zero-order valence-electron chi connectivity index (χ0n) is 11.3. The van der Waals surface area contributed by atoms with E-state index in [9.17, 15) is 4.79 Å². The normalized spacial score (nSPS) is 10.2. The van der Waals surface area contributed by atoms with E-state index in [1.165, 1.54) is 0 Å². The van der Waals surface area contributed by atoms with Crippen molar-refractivity contribution < 1.29 is 4.79 Å². The molecular formula is C14H15BrN4O. The molecule has 0 radical (unpaired) electrons. The van der Waals surface area contributed by atoms with Gasteiger partial charge in [-0.05, 0) is 59.6 Å². The Bertz CT molecular complexity index is 613. The Hall–Kier alpha value is -1.95. The number of benzene rings is 1. The van der Waals surface area contributed by atoms with Crippen molar-refractivity contribution in [2.24, 2.45) is 0 Å². The highest BCUT2D eigenvalue weighted by Crippen LogP contribution is 2.23. The maximum absolute atomic E-state index is 12.1. The smallest absolute Gasteiger partial charge is 0.276 e. The first-order chi connectivity index (χ1) is 9.60. The predicted molar refractivity (Wildman–Crippen MR) is 83.0 cm³/mol. The molecule has 2 aromatic rings. The largest absolute Gasteiger partial charge is 0.369 e. The van der Waals surface area contributed by atoms with Crippen LogP contribution in [0.1, 0.15) is 23.0 Å². The number of aryl methyl sites for hydroxylation is 1. The first-order valence-electron chi connectivity index (χ1n) is 6.25. The SMILES string of the molecule is CCNc1ccc(C(=O)Nc2cc(C)ccc2Br)nn1. The van der Waals surface area contributed by atoms with Crippen molar-refractivity contribution in [3.8, 4) is 0 Å². The number of carbonyl (C=O) groups is 1. The lowest BCUT2D eigenvalue weighted by Crippen LogP contribution is -2.15. The van der Waals surface area contributed by atoms with Crippen molar-refractivity contribution in [3.05, 3.63) is 46.1 Å². The molecule has 0 bridgehead atoms. The highest BCUT2D eigenvalue weighted by Gasteiger charge is 2.10. The van der Waals surface area contributed by atoms with Crippen LogP contribution in [0.2, 0.25) is 0 Å². The van der Waals surface area contributed by atoms with Gasteiger partial charge in [0.15, 0.2) is 5.69 Å². The Morgan fingerprint density at radius 1 is 1.25 bits per heavy atom. The monoisotopic (exact) mass is 334 g/mol. The third-order valence-corrected chi connectivity index (χ3v) is 3.32. The summed E-state index contributed by atoms with van der Waals surface area (Å²) in [5.74, 6) is 0.368. The summed E-state index contributed by atoms with van der Waals surface area (Å²) in [5, 5.41) is 13.7. The lowest BCUT2D eigenvalue weighted by atomic mass is 10.2. The van der Waals surface area contributed by atoms with Gasteiger partial charge >= 0.3 is 0 Å². The third-order valence-electron chi connectivity index (χ3n) is 2.63. The summed E-state index contributed by atoms with van der Waals surface area (Å²) >= 11 is 3.40. The Morgan fingerprint density at radius 2 is 2.05 bits per heavy atom. The minimum Gasteiger partial charge on any atom is -0.369 e. The van der Waals surface area contributed by atoms with E-state index in [4.69, 9.17) is 0 Å². The molecule has 2 N–H and O–H groups in total. The van der Waals surface area contributed by atoms with Gasteiger partial charge in [-0.25, -0.2) is 0 Å². The van der Waals surface area contributed by atoms with Crippen molar-refractivity contribution in [1.82, 2.24) is 10.2 Å². The van der Waals surface area contributed by atoms with Gasteiger partial charge in [-0.1, -0.05) is 6.07 Å². The van der Waals surface area contributed by atoms with Gasteiger partial charge in [-0.2, -0.15) is 0 Å². The molecule has 1 amide bonds. The van der Waals surface area contributed by atoms with Crippen LogP contribution in [0.25, 0.3) is 0 Å². The van der Waals surface area contributed by atoms with Crippen molar-refractivity contribution in [2.75, 3.05) is 17.2 Å². The number of amides is 1. The van der Waals surface area contributed by atoms with Gasteiger partial charge in [-0.15, -0.1) is 10.2 Å². The van der Waals surface area contributed by atoms with Crippen molar-refractivity contribution in [3.63, 3.8) is 0 Å². The fourth-order valence-electron chi connectivity index (χ4n) is 1.65. The molecule has 0 aliphatic rings. The summed E-state index contributed by atoms with van der Waals surface area (Å²) < 4.78 is 0.827. The number of nitrogens with one attached hydrogen (secondary N) is 2. The van der Waals surface area contributed by atoms with Gasteiger partial charge in [0.25, 0.3) is 5.91 Å². The average molecular weight is 335 g/mol. The molecule has 20 heavy (non-hydrogen) atoms. The first kappa shape index (κ1) is 14.5. The summed E-state index contributed by atoms with van der Waals surface area (Å²) in [5.41, 5.74) is 2.06. The standard InChI is InChI=1S/C14H15BrN4O/c1-3-16-13-7-6-11(18-19-13)14(20)17-12-8-9(2)4-5-10(12)15/h4-8H,3H2,1-2H3,(H,16,19)(H,17,20). The number of anilines is 2. The molecule has 5 nitrogen and oxygen atoms in total. The van der Waals surface area contributed by atoms with Gasteiger partial charge in [0.05, 0.1) is 5.69 Å². The summed E-state index contributed by atoms with van der Waals surface area (Å²) in [6, 6.07) is 9.12. The second kappa shape index (κ2) is 6.47. The van der Waals surface area contributed by atoms with Crippen LogP contribution >= 0.6 is 15.9 Å². The van der Waals surface area contributed by atoms with E-state index in [2.05, 4.69) is 36.8 Å². The molecule has 0 saturated heterocycles. The fourth-order valence-corrected chi connectivity index (χ4v) is 2.00. The second-order valence-corrected chi connectivity index (χ2v) is 5.13. The van der Waals surface area contributed by atoms with Crippen molar-refractivity contribution in [2.45, 2.75) is 13.8 Å². The van der Waals surface area contributed by atoms with Crippen LogP contribution in [0, 0.1) is 6.92 Å². The minimum absolute atomic E-state index is 0.278. The average Bonchev–Trinajstić information content (AvgIpc) is 2.44. The van der Waals surface area contributed by atoms with E-state index < -0.39 is 0 Å². The Morgan fingerprint density at radius 3 is 2.70 bits per heavy atom. The molecule has 0 fully saturated rings. The summed E-state index contributed by atoms with van der Waals surface area (Å²) in [6.45, 7) is 4.70. The molecule has 1 aromatic heterocycles. The second-order valence-electron chi connectivity index (χ2n) is 4.27. The zero-order valence-corrected chi connectivity index (χ0v) is 12.9. The first-order valence-corrected chi connectivity index (χ1v) is 7.04. The molecule has 1 aromatic carbocycles. The van der Waals surface area contributed by atoms with Gasteiger partial charge in [0.1, 0.15) is 5.82 Å². The van der Waals surface area contributed by atoms with Crippen LogP contribution < -0.4 is 10.6 Å². The number of halogens is 1. The molecule has 2 rings (SSSR count). The molecule has 0 atom stereocenters. The number of nitrogens with zero attached hydrogens (tertiary/aromatic N) is 2. The molecule has 0 saturated carbocycles. The van der Waals surface area contributed by atoms with Crippen LogP contribution in [0.5, 0.6) is 0 Å². The number of hydrogen-bond acceptors (Lipinski definition) is 4. The zero-order chi connectivity index (χ0) is 14.5. The molecule has 0 aliphatic carbocycles. The maximum atomic E-state index is 12.1. The third kappa shape index (κ3) is 3.54. The Kier molecular flexibility index (Phi) is 4.68. The molecule has 0 spiro atoms. The van der Waals surface area contributed by atoms with E-state index in [1.807, 2.05) is 32.0 Å². The van der Waals surface area contributed by atoms with E-state index in [-0.39, 0.29) is 11.6 Å². The lowest BCUT2D eigenvalue weighted by molar-refractivity contribution is 0.102. The van der Waals surface area contributed by atoms with E-state index >= 15 is 0 Å². The topological polar surface area (TPSA) is 66.9 Å². The number of hydrogen-bond donors (Lipinski definition) is 2. The number of rotatable bonds is 4. The van der Waals surface area contributed by atoms with E-state index in [0.29, 0.717) is 11.5 Å². The molecule has 6 heteroatoms. The molecular weight excluding hydrogens is 320 g/mol. The highest BCUT2D eigenvalue weighted by atomic mass is 79.9. The van der Waals surface area contributed by atoms with Crippen LogP contribution in [0.3, 0.4) is 0 Å². The summed E-state index contributed by atoms with van der Waals surface area (Å²) in [6.07, 6.45) is 0. The van der Waals surface area contributed by atoms with Gasteiger partial charge in [-0.3, -0.25) is 4.79 Å². The Labute approximate surface area is 125 Å². The predicted octanol–water partition coefficient (Wildman–Crippen LogP) is 3.23. The minimum atomic E-state index is -0.285. The van der Waals surface area contributed by atoms with Gasteiger partial charge in [0, 0.05) is 11.0 Å². The highest BCUT2D eigenvalue weighted by molar-refractivity contribution is 9.10. The van der Waals surface area contributed by atoms with E-state index in [0.717, 1.165) is 16.6 Å². The number of carbonyl (C=O) groups excluding carboxylic acids is 1. The molecule has 0 unspecified atom stereocenters. The fraction of sp³-hybridized carbons (Fsp3) is 0.214. The van der Waals surface area contributed by atoms with Crippen molar-refractivity contribution in [1.29, 1.82) is 0 Å². The molecule has 1 heterocycles. The molecule has 0 aliphatic heterocycles. The lowest BCUT2D eigenvalue weighted by Gasteiger charge is -2.08. The van der Waals surface area contributed by atoms with Crippen LogP contribution in [0.4, 0.5) is 11.5 Å². The summed E-state index contributed by atoms with van der Waals surface area (Å²) in [7, 11) is 0. The van der Waals surface area contributed by atoms with Crippen LogP contribution in [-0.4, -0.2) is 22.6 Å². The van der Waals surface area contributed by atoms with Crippen LogP contribution in [-0.2, 0) is 0 Å². The van der Waals surface area contributed by atoms with Gasteiger partial charge < -0.3 is 10.6 Å². The maximum Gasteiger partial charge on any atom is 0.276 e. The number of aromatic nitrogens is 2. The summed E-state index contributed by atoms with van der Waals surface area (Å²) in [4.78, 5) is 12.1. The van der Waals surface area contributed by atoms with Crippen LogP contribution in [0.15, 0.2) is 34.8 Å². The van der Waals surface area contributed by atoms with Gasteiger partial charge in [0.2, 0.25) is 0 Å². The van der Waals surface area contributed by atoms with Crippen molar-refractivity contribution >= 4 is 33.3 Å². The molecule has 104 valence electrons.